The van der Waals surface area contributed by atoms with E-state index >= 15 is 0 Å². The van der Waals surface area contributed by atoms with Crippen LogP contribution < -0.4 is 11.1 Å². The van der Waals surface area contributed by atoms with E-state index in [-0.39, 0.29) is 12.3 Å². The monoisotopic (exact) mass is 489 g/mol. The minimum atomic E-state index is -0.584. The molecule has 0 aliphatic heterocycles. The molecule has 8 nitrogen and oxygen atoms in total. The van der Waals surface area contributed by atoms with Crippen molar-refractivity contribution in [3.8, 4) is 0 Å². The van der Waals surface area contributed by atoms with Crippen molar-refractivity contribution in [1.82, 2.24) is 14.8 Å². The maximum atomic E-state index is 13.6. The third kappa shape index (κ3) is 6.19. The van der Waals surface area contributed by atoms with Crippen molar-refractivity contribution in [2.45, 2.75) is 43.6 Å². The molecule has 1 unspecified atom stereocenters. The fraction of sp³-hybridized carbons (Fsp3) is 0.231. The highest BCUT2D eigenvalue weighted by molar-refractivity contribution is 8.00. The first-order valence-corrected chi connectivity index (χ1v) is 12.1. The van der Waals surface area contributed by atoms with E-state index < -0.39 is 11.2 Å². The molecule has 3 N–H and O–H groups in total. The number of hydrogen-bond acceptors (Lipinski definition) is 6. The number of carbonyl (C=O) groups is 2. The highest BCUT2D eigenvalue weighted by Gasteiger charge is 2.26. The second-order valence-electron chi connectivity index (χ2n) is 8.25. The number of nitrogens with zero attached hydrogens (tertiary/aromatic N) is 3. The topological polar surface area (TPSA) is 116 Å². The van der Waals surface area contributed by atoms with Crippen molar-refractivity contribution in [3.63, 3.8) is 0 Å². The Bertz CT molecular complexity index is 1300. The summed E-state index contributed by atoms with van der Waals surface area (Å²) in [6, 6.07) is 19.2. The molecule has 1 atom stereocenters. The van der Waals surface area contributed by atoms with Gasteiger partial charge in [0.25, 0.3) is 0 Å². The van der Waals surface area contributed by atoms with Gasteiger partial charge >= 0.3 is 0 Å². The largest absolute Gasteiger partial charge is 0.467 e. The van der Waals surface area contributed by atoms with Gasteiger partial charge in [-0.1, -0.05) is 54.2 Å². The van der Waals surface area contributed by atoms with Crippen LogP contribution in [0.4, 0.5) is 5.69 Å². The zero-order chi connectivity index (χ0) is 24.8. The lowest BCUT2D eigenvalue weighted by molar-refractivity contribution is -0.118. The van der Waals surface area contributed by atoms with Crippen molar-refractivity contribution in [1.29, 1.82) is 0 Å². The first kappa shape index (κ1) is 24.3. The summed E-state index contributed by atoms with van der Waals surface area (Å²) in [6.45, 7) is 4.32. The summed E-state index contributed by atoms with van der Waals surface area (Å²) in [4.78, 5) is 24.9. The number of nitrogens with two attached hydrogens (primary N) is 1. The van der Waals surface area contributed by atoms with E-state index in [0.29, 0.717) is 29.7 Å². The molecule has 0 fully saturated rings. The van der Waals surface area contributed by atoms with E-state index in [9.17, 15) is 9.59 Å². The number of hydrogen-bond donors (Lipinski definition) is 2. The van der Waals surface area contributed by atoms with Crippen molar-refractivity contribution in [2.24, 2.45) is 5.73 Å². The average molecular weight is 490 g/mol. The Balaban J connectivity index is 1.66. The summed E-state index contributed by atoms with van der Waals surface area (Å²) in [5.41, 5.74) is 9.01. The lowest BCUT2D eigenvalue weighted by Gasteiger charge is -2.18. The zero-order valence-corrected chi connectivity index (χ0v) is 20.4. The Hall–Kier alpha value is -3.85. The van der Waals surface area contributed by atoms with Gasteiger partial charge < -0.3 is 15.5 Å². The first-order chi connectivity index (χ1) is 16.9. The van der Waals surface area contributed by atoms with Crippen LogP contribution in [0.5, 0.6) is 0 Å². The number of thioether (sulfide) groups is 1. The van der Waals surface area contributed by atoms with Crippen LogP contribution in [0.3, 0.4) is 0 Å². The molecule has 180 valence electrons. The van der Waals surface area contributed by atoms with Gasteiger partial charge in [0, 0.05) is 18.5 Å². The summed E-state index contributed by atoms with van der Waals surface area (Å²) in [5.74, 6) is 0.732. The van der Waals surface area contributed by atoms with Crippen molar-refractivity contribution < 1.29 is 14.0 Å². The molecule has 4 aromatic rings. The van der Waals surface area contributed by atoms with Gasteiger partial charge in [-0.15, -0.1) is 10.2 Å². The normalized spacial score (nSPS) is 11.8. The smallest absolute Gasteiger partial charge is 0.242 e. The predicted molar refractivity (Wildman–Crippen MR) is 135 cm³/mol. The minimum Gasteiger partial charge on any atom is -0.467 e. The Kier molecular flexibility index (Phi) is 7.67. The molecule has 4 rings (SSSR count). The lowest BCUT2D eigenvalue weighted by Crippen LogP contribution is -2.20. The first-order valence-electron chi connectivity index (χ1n) is 11.2. The van der Waals surface area contributed by atoms with Gasteiger partial charge in [-0.05, 0) is 48.7 Å². The van der Waals surface area contributed by atoms with Crippen molar-refractivity contribution >= 4 is 29.3 Å². The Morgan fingerprint density at radius 3 is 2.60 bits per heavy atom. The van der Waals surface area contributed by atoms with E-state index in [2.05, 4.69) is 15.5 Å². The van der Waals surface area contributed by atoms with Crippen LogP contribution in [0.25, 0.3) is 0 Å². The number of aromatic nitrogens is 3. The van der Waals surface area contributed by atoms with Crippen LogP contribution >= 0.6 is 11.8 Å². The van der Waals surface area contributed by atoms with Crippen LogP contribution in [0, 0.1) is 13.8 Å². The number of rotatable bonds is 10. The number of carbonyl (C=O) groups excluding carboxylic acids is 2. The summed E-state index contributed by atoms with van der Waals surface area (Å²) in [5, 5.41) is 11.7. The zero-order valence-electron chi connectivity index (χ0n) is 19.6. The molecule has 0 aliphatic rings. The molecule has 2 aromatic carbocycles. The average Bonchev–Trinajstić information content (AvgIpc) is 3.49. The molecule has 35 heavy (non-hydrogen) atoms. The molecular formula is C26H27N5O3S. The Morgan fingerprint density at radius 1 is 1.09 bits per heavy atom. The third-order valence-electron chi connectivity index (χ3n) is 5.50. The van der Waals surface area contributed by atoms with Gasteiger partial charge in [0.15, 0.2) is 5.16 Å². The summed E-state index contributed by atoms with van der Waals surface area (Å²) >= 11 is 1.30. The third-order valence-corrected chi connectivity index (χ3v) is 6.73. The van der Waals surface area contributed by atoms with Crippen LogP contribution in [0.15, 0.2) is 76.5 Å². The lowest BCUT2D eigenvalue weighted by atomic mass is 10.1. The molecule has 0 saturated heterocycles. The predicted octanol–water partition coefficient (Wildman–Crippen LogP) is 4.43. The summed E-state index contributed by atoms with van der Waals surface area (Å²) < 4.78 is 7.39. The SMILES string of the molecule is Cc1ccc(C)c(NC(=O)C(Sc2nnc(CCC(N)=O)n2Cc2ccco2)c2ccccc2)c1. The number of primary amides is 1. The second-order valence-corrected chi connectivity index (χ2v) is 9.32. The maximum Gasteiger partial charge on any atom is 0.242 e. The number of aryl methyl sites for hydroxylation is 3. The van der Waals surface area contributed by atoms with Gasteiger partial charge in [0.2, 0.25) is 11.8 Å². The van der Waals surface area contributed by atoms with Crippen LogP contribution in [-0.2, 0) is 22.6 Å². The fourth-order valence-electron chi connectivity index (χ4n) is 3.62. The molecule has 0 saturated carbocycles. The molecular weight excluding hydrogens is 462 g/mol. The van der Waals surface area contributed by atoms with E-state index in [1.807, 2.05) is 73.0 Å². The minimum absolute atomic E-state index is 0.149. The molecule has 0 aliphatic carbocycles. The Labute approximate surface area is 207 Å². The molecule has 2 aromatic heterocycles. The number of anilines is 1. The molecule has 2 heterocycles. The number of furan rings is 1. The number of nitrogens with one attached hydrogen (secondary N) is 1. The van der Waals surface area contributed by atoms with Crippen LogP contribution in [0.2, 0.25) is 0 Å². The molecule has 0 bridgehead atoms. The van der Waals surface area contributed by atoms with Gasteiger partial charge in [0.05, 0.1) is 12.8 Å². The number of benzene rings is 2. The van der Waals surface area contributed by atoms with Gasteiger partial charge in [0.1, 0.15) is 16.8 Å². The van der Waals surface area contributed by atoms with Crippen molar-refractivity contribution in [3.05, 3.63) is 95.2 Å². The number of amides is 2. The van der Waals surface area contributed by atoms with E-state index in [1.54, 1.807) is 12.3 Å². The molecule has 0 radical (unpaired) electrons. The van der Waals surface area contributed by atoms with Gasteiger partial charge in [-0.3, -0.25) is 14.2 Å². The van der Waals surface area contributed by atoms with E-state index in [0.717, 1.165) is 22.4 Å². The van der Waals surface area contributed by atoms with E-state index in [4.69, 9.17) is 10.2 Å². The van der Waals surface area contributed by atoms with Gasteiger partial charge in [-0.25, -0.2) is 0 Å². The molecule has 0 spiro atoms. The fourth-order valence-corrected chi connectivity index (χ4v) is 4.67. The van der Waals surface area contributed by atoms with Crippen molar-refractivity contribution in [2.75, 3.05) is 5.32 Å². The van der Waals surface area contributed by atoms with Crippen LogP contribution in [-0.4, -0.2) is 26.6 Å². The van der Waals surface area contributed by atoms with E-state index in [1.165, 1.54) is 11.8 Å². The van der Waals surface area contributed by atoms with Crippen LogP contribution in [0.1, 0.15) is 39.9 Å². The molecule has 2 amide bonds. The Morgan fingerprint density at radius 2 is 1.89 bits per heavy atom. The highest BCUT2D eigenvalue weighted by atomic mass is 32.2. The van der Waals surface area contributed by atoms with Gasteiger partial charge in [-0.2, -0.15) is 0 Å². The highest BCUT2D eigenvalue weighted by Crippen LogP contribution is 2.36. The summed E-state index contributed by atoms with van der Waals surface area (Å²) in [7, 11) is 0. The quantitative estimate of drug-likeness (QED) is 0.319. The second kappa shape index (κ2) is 11.1. The maximum absolute atomic E-state index is 13.6. The standard InChI is InChI=1S/C26H27N5O3S/c1-17-10-11-18(2)21(15-17)28-25(33)24(19-7-4-3-5-8-19)35-26-30-29-23(13-12-22(27)32)31(26)16-20-9-6-14-34-20/h3-11,14-15,24H,12-13,16H2,1-2H3,(H2,27,32)(H,28,33). The summed E-state index contributed by atoms with van der Waals surface area (Å²) in [6.07, 6.45) is 2.09. The molecule has 9 heteroatoms.